The number of carbonyl (C=O) groups is 1. The fraction of sp³-hybridized carbons (Fsp3) is 0.896. The average Bonchev–Trinajstić information content (AvgIpc) is 3.38. The number of aliphatic hydroxyl groups excluding tert-OH is 1. The molecule has 0 aromatic rings. The summed E-state index contributed by atoms with van der Waals surface area (Å²) >= 11 is 0. The van der Waals surface area contributed by atoms with Crippen LogP contribution in [0.1, 0.15) is 335 Å². The molecule has 450 valence electrons. The molecule has 76 heavy (non-hydrogen) atoms. The van der Waals surface area contributed by atoms with Crippen molar-refractivity contribution in [2.75, 3.05) is 40.9 Å². The molecule has 3 unspecified atom stereocenters. The third kappa shape index (κ3) is 60.4. The van der Waals surface area contributed by atoms with Crippen LogP contribution in [0.2, 0.25) is 0 Å². The Labute approximate surface area is 474 Å². The summed E-state index contributed by atoms with van der Waals surface area (Å²) in [5.74, 6) is -0.184. The molecule has 0 radical (unpaired) electrons. The molecule has 0 heterocycles. The highest BCUT2D eigenvalue weighted by atomic mass is 31.2. The van der Waals surface area contributed by atoms with E-state index in [2.05, 4.69) is 43.5 Å². The lowest BCUT2D eigenvalue weighted by Gasteiger charge is -2.25. The lowest BCUT2D eigenvalue weighted by Crippen LogP contribution is -2.45. The van der Waals surface area contributed by atoms with Gasteiger partial charge in [0.15, 0.2) is 0 Å². The van der Waals surface area contributed by atoms with Crippen LogP contribution in [-0.4, -0.2) is 73.4 Å². The summed E-state index contributed by atoms with van der Waals surface area (Å²) in [7, 11) is 1.56. The Bertz CT molecular complexity index is 1330. The number of quaternary nitrogens is 1. The minimum Gasteiger partial charge on any atom is -0.387 e. The third-order valence-electron chi connectivity index (χ3n) is 15.3. The first-order valence-electron chi connectivity index (χ1n) is 33.4. The molecule has 8 nitrogen and oxygen atoms in total. The van der Waals surface area contributed by atoms with Gasteiger partial charge in [0, 0.05) is 6.42 Å². The molecular weight excluding hydrogens is 960 g/mol. The van der Waals surface area contributed by atoms with Crippen molar-refractivity contribution in [3.63, 3.8) is 0 Å². The Hall–Kier alpha value is -1.28. The monoisotopic (exact) mass is 1090 g/mol. The molecule has 0 bridgehead atoms. The lowest BCUT2D eigenvalue weighted by atomic mass is 10.0. The Morgan fingerprint density at radius 2 is 0.724 bits per heavy atom. The smallest absolute Gasteiger partial charge is 0.387 e. The summed E-state index contributed by atoms with van der Waals surface area (Å²) in [6.07, 6.45) is 77.2. The molecule has 0 fully saturated rings. The highest BCUT2D eigenvalue weighted by Crippen LogP contribution is 2.43. The average molecular weight is 1090 g/mol. The zero-order valence-electron chi connectivity index (χ0n) is 51.5. The number of likely N-dealkylation sites (N-methyl/N-ethyl adjacent to an activating group) is 1. The summed E-state index contributed by atoms with van der Waals surface area (Å²) in [4.78, 5) is 23.4. The van der Waals surface area contributed by atoms with Gasteiger partial charge < -0.3 is 19.8 Å². The van der Waals surface area contributed by atoms with E-state index in [4.69, 9.17) is 9.05 Å². The highest BCUT2D eigenvalue weighted by molar-refractivity contribution is 7.47. The van der Waals surface area contributed by atoms with Gasteiger partial charge in [0.25, 0.3) is 0 Å². The second-order valence-electron chi connectivity index (χ2n) is 24.2. The predicted molar refractivity (Wildman–Crippen MR) is 332 cm³/mol. The number of aliphatic hydroxyl groups is 1. The van der Waals surface area contributed by atoms with Crippen molar-refractivity contribution in [1.82, 2.24) is 5.32 Å². The molecule has 3 N–H and O–H groups in total. The maximum atomic E-state index is 13.0. The molecule has 0 aromatic carbocycles. The van der Waals surface area contributed by atoms with Crippen molar-refractivity contribution in [3.8, 4) is 0 Å². The van der Waals surface area contributed by atoms with Gasteiger partial charge in [-0.2, -0.15) is 0 Å². The Morgan fingerprint density at radius 3 is 1.05 bits per heavy atom. The van der Waals surface area contributed by atoms with Crippen LogP contribution in [0.5, 0.6) is 0 Å². The molecule has 3 atom stereocenters. The van der Waals surface area contributed by atoms with Crippen LogP contribution in [0.25, 0.3) is 0 Å². The summed E-state index contributed by atoms with van der Waals surface area (Å²) in [6.45, 7) is 4.84. The highest BCUT2D eigenvalue weighted by Gasteiger charge is 2.28. The van der Waals surface area contributed by atoms with Crippen LogP contribution in [-0.2, 0) is 18.4 Å². The van der Waals surface area contributed by atoms with E-state index in [9.17, 15) is 19.4 Å². The summed E-state index contributed by atoms with van der Waals surface area (Å²) in [6, 6.07) is -0.869. The standard InChI is InChI=1S/C67H131N2O6P/c1-6-8-10-12-14-16-18-20-22-24-26-28-29-30-31-32-33-34-35-36-37-38-39-41-43-45-47-49-51-53-55-57-59-61-67(71)68-65(64-75-76(72,73)74-63-62-69(3,4)5)66(70)60-58-56-54-52-50-48-46-44-42-40-27-25-23-21-19-17-15-13-11-9-7-2/h42,44,50,52,58,60,65-66,70H,6-41,43,45-49,51,53-57,59,61-64H2,1-5H3,(H-,68,71,72,73)/p+1/b44-42+,52-50+,60-58+. The number of allylic oxidation sites excluding steroid dienone is 5. The van der Waals surface area contributed by atoms with E-state index in [-0.39, 0.29) is 19.1 Å². The second-order valence-corrected chi connectivity index (χ2v) is 25.6. The lowest BCUT2D eigenvalue weighted by molar-refractivity contribution is -0.870. The van der Waals surface area contributed by atoms with Gasteiger partial charge in [-0.3, -0.25) is 13.8 Å². The van der Waals surface area contributed by atoms with E-state index >= 15 is 0 Å². The van der Waals surface area contributed by atoms with E-state index in [0.717, 1.165) is 44.9 Å². The first kappa shape index (κ1) is 74.7. The Morgan fingerprint density at radius 1 is 0.434 bits per heavy atom. The quantitative estimate of drug-likeness (QED) is 0.0243. The second kappa shape index (κ2) is 58.4. The van der Waals surface area contributed by atoms with Gasteiger partial charge >= 0.3 is 7.82 Å². The number of phosphoric ester groups is 1. The Balaban J connectivity index is 4.06. The number of hydrogen-bond donors (Lipinski definition) is 3. The number of hydrogen-bond acceptors (Lipinski definition) is 5. The first-order chi connectivity index (χ1) is 37.0. The number of phosphoric acid groups is 1. The summed E-state index contributed by atoms with van der Waals surface area (Å²) < 4.78 is 23.7. The normalized spacial score (nSPS) is 13.9. The van der Waals surface area contributed by atoms with Crippen LogP contribution in [0.15, 0.2) is 36.5 Å². The largest absolute Gasteiger partial charge is 0.472 e. The molecule has 1 amide bonds. The van der Waals surface area contributed by atoms with Crippen LogP contribution in [0.3, 0.4) is 0 Å². The van der Waals surface area contributed by atoms with Crippen molar-refractivity contribution >= 4 is 13.7 Å². The zero-order chi connectivity index (χ0) is 55.6. The third-order valence-corrected chi connectivity index (χ3v) is 16.3. The molecule has 0 saturated heterocycles. The molecule has 0 aliphatic heterocycles. The van der Waals surface area contributed by atoms with E-state index in [0.29, 0.717) is 17.4 Å². The molecule has 0 spiro atoms. The SMILES string of the molecule is CCCCCCCCCCCCC/C=C/CC/C=C/CC/C=C/C(O)C(COP(=O)(O)OCC[N+](C)(C)C)NC(=O)CCCCCCCCCCCCCCCCCCCCCCCCCCCCCCCCCCC. The molecule has 0 aliphatic carbocycles. The number of rotatable bonds is 62. The van der Waals surface area contributed by atoms with Gasteiger partial charge in [-0.15, -0.1) is 0 Å². The molecule has 9 heteroatoms. The van der Waals surface area contributed by atoms with Gasteiger partial charge in [0.1, 0.15) is 13.2 Å². The van der Waals surface area contributed by atoms with E-state index in [1.165, 1.54) is 270 Å². The van der Waals surface area contributed by atoms with Crippen LogP contribution >= 0.6 is 7.82 Å². The zero-order valence-corrected chi connectivity index (χ0v) is 52.4. The number of amides is 1. The topological polar surface area (TPSA) is 105 Å². The molecule has 0 saturated carbocycles. The maximum absolute atomic E-state index is 13.0. The minimum atomic E-state index is -4.36. The van der Waals surface area contributed by atoms with Gasteiger partial charge in [-0.1, -0.05) is 320 Å². The van der Waals surface area contributed by atoms with E-state index in [1.807, 2.05) is 27.2 Å². The summed E-state index contributed by atoms with van der Waals surface area (Å²) in [5.41, 5.74) is 0. The van der Waals surface area contributed by atoms with Gasteiger partial charge in [-0.05, 0) is 44.9 Å². The number of unbranched alkanes of at least 4 members (excludes halogenated alkanes) is 45. The van der Waals surface area contributed by atoms with Crippen molar-refractivity contribution in [1.29, 1.82) is 0 Å². The first-order valence-corrected chi connectivity index (χ1v) is 34.9. The van der Waals surface area contributed by atoms with Crippen LogP contribution < -0.4 is 5.32 Å². The van der Waals surface area contributed by atoms with Crippen molar-refractivity contribution in [3.05, 3.63) is 36.5 Å². The van der Waals surface area contributed by atoms with Crippen molar-refractivity contribution in [2.24, 2.45) is 0 Å². The predicted octanol–water partition coefficient (Wildman–Crippen LogP) is 20.9. The Kier molecular flexibility index (Phi) is 57.4. The van der Waals surface area contributed by atoms with Gasteiger partial charge in [0.05, 0.1) is 39.9 Å². The van der Waals surface area contributed by atoms with E-state index in [1.54, 1.807) is 6.08 Å². The number of nitrogens with zero attached hydrogens (tertiary/aromatic N) is 1. The van der Waals surface area contributed by atoms with Crippen molar-refractivity contribution < 1.29 is 32.9 Å². The van der Waals surface area contributed by atoms with Gasteiger partial charge in [-0.25, -0.2) is 4.57 Å². The van der Waals surface area contributed by atoms with E-state index < -0.39 is 20.0 Å². The minimum absolute atomic E-state index is 0.0553. The molecule has 0 aromatic heterocycles. The van der Waals surface area contributed by atoms with Gasteiger partial charge in [0.2, 0.25) is 5.91 Å². The molecule has 0 rings (SSSR count). The molecule has 0 aliphatic rings. The fourth-order valence-electron chi connectivity index (χ4n) is 10.1. The van der Waals surface area contributed by atoms with Crippen LogP contribution in [0.4, 0.5) is 0 Å². The molecular formula is C67H132N2O6P+. The fourth-order valence-corrected chi connectivity index (χ4v) is 10.9. The summed E-state index contributed by atoms with van der Waals surface area (Å²) in [5, 5.41) is 13.9. The maximum Gasteiger partial charge on any atom is 0.472 e. The van der Waals surface area contributed by atoms with Crippen molar-refractivity contribution in [2.45, 2.75) is 347 Å². The number of nitrogens with one attached hydrogen (secondary N) is 1. The van der Waals surface area contributed by atoms with Crippen LogP contribution in [0, 0.1) is 0 Å². The number of carbonyl (C=O) groups excluding carboxylic acids is 1.